The molecule has 0 amide bonds. The SMILES string of the molecule is C[C@H](N[P@](=O)(OC[C@@]1(C)O[C@@H](c2ccc3c(N)ncnn23)[C@H](O)[C@@H]1O)Oc1ccccc1)C(=O)OC1CCCCC1. The third-order valence-corrected chi connectivity index (χ3v) is 9.11. The fraction of sp³-hybridized carbons (Fsp3) is 0.519. The van der Waals surface area contributed by atoms with Crippen LogP contribution in [0.15, 0.2) is 48.8 Å². The number of fused-ring (bicyclic) bond motifs is 1. The minimum absolute atomic E-state index is 0.180. The Labute approximate surface area is 237 Å². The van der Waals surface area contributed by atoms with Gasteiger partial charge in [0, 0.05) is 0 Å². The van der Waals surface area contributed by atoms with Crippen molar-refractivity contribution >= 4 is 25.1 Å². The molecule has 2 aromatic heterocycles. The molecule has 1 aromatic carbocycles. The van der Waals surface area contributed by atoms with Gasteiger partial charge in [0.25, 0.3) is 0 Å². The van der Waals surface area contributed by atoms with Gasteiger partial charge in [0.1, 0.15) is 53.7 Å². The number of rotatable bonds is 10. The maximum atomic E-state index is 14.0. The Morgan fingerprint density at radius 1 is 1.22 bits per heavy atom. The van der Waals surface area contributed by atoms with Crippen molar-refractivity contribution in [3.63, 3.8) is 0 Å². The Morgan fingerprint density at radius 3 is 2.68 bits per heavy atom. The van der Waals surface area contributed by atoms with E-state index >= 15 is 0 Å². The van der Waals surface area contributed by atoms with E-state index in [4.69, 9.17) is 24.3 Å². The molecule has 3 aromatic rings. The van der Waals surface area contributed by atoms with Crippen molar-refractivity contribution in [1.82, 2.24) is 19.7 Å². The number of aliphatic hydroxyl groups is 2. The van der Waals surface area contributed by atoms with Gasteiger partial charge in [0.2, 0.25) is 0 Å². The number of nitrogen functional groups attached to an aromatic ring is 1. The summed E-state index contributed by atoms with van der Waals surface area (Å²) < 4.78 is 38.7. The first-order valence-electron chi connectivity index (χ1n) is 13.7. The molecule has 0 unspecified atom stereocenters. The second-order valence-corrected chi connectivity index (χ2v) is 12.4. The zero-order chi connectivity index (χ0) is 29.2. The van der Waals surface area contributed by atoms with E-state index in [1.54, 1.807) is 42.5 Å². The van der Waals surface area contributed by atoms with E-state index in [-0.39, 0.29) is 17.7 Å². The molecule has 5 rings (SSSR count). The first-order valence-corrected chi connectivity index (χ1v) is 15.2. The van der Waals surface area contributed by atoms with Crippen molar-refractivity contribution in [1.29, 1.82) is 0 Å². The van der Waals surface area contributed by atoms with Gasteiger partial charge in [-0.3, -0.25) is 9.32 Å². The summed E-state index contributed by atoms with van der Waals surface area (Å²) in [4.78, 5) is 16.8. The van der Waals surface area contributed by atoms with Crippen LogP contribution < -0.4 is 15.3 Å². The molecule has 13 nitrogen and oxygen atoms in total. The molecule has 222 valence electrons. The number of nitrogens with two attached hydrogens (primary N) is 1. The minimum atomic E-state index is -4.24. The van der Waals surface area contributed by atoms with Gasteiger partial charge < -0.3 is 29.9 Å². The monoisotopic (exact) mass is 589 g/mol. The van der Waals surface area contributed by atoms with Crippen molar-refractivity contribution in [2.24, 2.45) is 0 Å². The number of hydrogen-bond acceptors (Lipinski definition) is 11. The summed E-state index contributed by atoms with van der Waals surface area (Å²) in [6.07, 6.45) is 1.95. The summed E-state index contributed by atoms with van der Waals surface area (Å²) in [5, 5.41) is 28.8. The highest BCUT2D eigenvalue weighted by atomic mass is 31.2. The lowest BCUT2D eigenvalue weighted by Gasteiger charge is -2.30. The quantitative estimate of drug-likeness (QED) is 0.201. The smallest absolute Gasteiger partial charge is 0.459 e. The first kappa shape index (κ1) is 29.4. The number of carbonyl (C=O) groups excluding carboxylic acids is 1. The number of anilines is 1. The fourth-order valence-electron chi connectivity index (χ4n) is 5.16. The Morgan fingerprint density at radius 2 is 1.95 bits per heavy atom. The predicted molar refractivity (Wildman–Crippen MR) is 148 cm³/mol. The van der Waals surface area contributed by atoms with Crippen LogP contribution in [0.5, 0.6) is 5.75 Å². The number of carbonyl (C=O) groups is 1. The summed E-state index contributed by atoms with van der Waals surface area (Å²) in [5.74, 6) is -0.0896. The molecule has 1 saturated heterocycles. The molecule has 0 bridgehead atoms. The maximum absolute atomic E-state index is 14.0. The van der Waals surface area contributed by atoms with Crippen LogP contribution in [0.3, 0.4) is 0 Å². The molecule has 5 N–H and O–H groups in total. The normalized spacial score (nSPS) is 27.4. The molecule has 0 spiro atoms. The Balaban J connectivity index is 1.32. The molecule has 0 radical (unpaired) electrons. The number of benzene rings is 1. The predicted octanol–water partition coefficient (Wildman–Crippen LogP) is 2.92. The third-order valence-electron chi connectivity index (χ3n) is 7.49. The van der Waals surface area contributed by atoms with Crippen molar-refractivity contribution in [2.75, 3.05) is 12.3 Å². The molecule has 1 aliphatic carbocycles. The van der Waals surface area contributed by atoms with E-state index in [9.17, 15) is 19.6 Å². The van der Waals surface area contributed by atoms with Crippen molar-refractivity contribution in [2.45, 2.75) is 82.0 Å². The van der Waals surface area contributed by atoms with E-state index in [0.29, 0.717) is 11.2 Å². The molecular weight excluding hydrogens is 553 g/mol. The van der Waals surface area contributed by atoms with Gasteiger partial charge in [-0.05, 0) is 63.8 Å². The van der Waals surface area contributed by atoms with E-state index < -0.39 is 50.3 Å². The van der Waals surface area contributed by atoms with Gasteiger partial charge in [-0.1, -0.05) is 24.6 Å². The fourth-order valence-corrected chi connectivity index (χ4v) is 6.75. The number of nitrogens with one attached hydrogen (secondary N) is 1. The van der Waals surface area contributed by atoms with E-state index in [0.717, 1.165) is 32.1 Å². The highest BCUT2D eigenvalue weighted by Crippen LogP contribution is 2.48. The second kappa shape index (κ2) is 12.0. The first-order chi connectivity index (χ1) is 19.6. The van der Waals surface area contributed by atoms with E-state index in [1.807, 2.05) is 0 Å². The van der Waals surface area contributed by atoms with Gasteiger partial charge in [0.05, 0.1) is 12.3 Å². The average molecular weight is 590 g/mol. The van der Waals surface area contributed by atoms with Crippen molar-refractivity contribution in [3.05, 3.63) is 54.5 Å². The van der Waals surface area contributed by atoms with Gasteiger partial charge in [-0.15, -0.1) is 0 Å². The Bertz CT molecular complexity index is 1400. The summed E-state index contributed by atoms with van der Waals surface area (Å²) in [6, 6.07) is 10.7. The van der Waals surface area contributed by atoms with Gasteiger partial charge in [-0.2, -0.15) is 10.2 Å². The molecule has 2 aliphatic rings. The molecular formula is C27H36N5O8P. The van der Waals surface area contributed by atoms with Crippen LogP contribution in [0.1, 0.15) is 57.7 Å². The molecule has 2 fully saturated rings. The second-order valence-electron chi connectivity index (χ2n) is 10.7. The summed E-state index contributed by atoms with van der Waals surface area (Å²) >= 11 is 0. The van der Waals surface area contributed by atoms with E-state index in [2.05, 4.69) is 15.2 Å². The van der Waals surface area contributed by atoms with Crippen LogP contribution in [-0.4, -0.2) is 67.3 Å². The summed E-state index contributed by atoms with van der Waals surface area (Å²) in [6.45, 7) is 2.58. The number of hydrogen-bond donors (Lipinski definition) is 4. The highest BCUT2D eigenvalue weighted by molar-refractivity contribution is 7.52. The van der Waals surface area contributed by atoms with Crippen LogP contribution in [0.25, 0.3) is 5.52 Å². The van der Waals surface area contributed by atoms with Crippen LogP contribution in [0, 0.1) is 0 Å². The number of aliphatic hydroxyl groups excluding tert-OH is 2. The largest absolute Gasteiger partial charge is 0.461 e. The standard InChI is InChI=1S/C27H36N5O8P/c1-17(26(35)38-18-9-5-3-6-10-18)31-41(36,40-19-11-7-4-8-12-19)37-15-27(2)24(34)22(33)23(39-27)20-13-14-21-25(28)29-16-30-32(20)21/h4,7-8,11-14,16-18,22-24,33-34H,3,5-6,9-10,15H2,1-2H3,(H,31,36)(H2,28,29,30)/t17-,22-,23-,24-,27+,41-/m0/s1. The minimum Gasteiger partial charge on any atom is -0.461 e. The molecule has 1 aliphatic heterocycles. The van der Waals surface area contributed by atoms with Crippen molar-refractivity contribution < 1.29 is 38.1 Å². The molecule has 1 saturated carbocycles. The summed E-state index contributed by atoms with van der Waals surface area (Å²) in [7, 11) is -4.24. The Hall–Kier alpha value is -3.06. The van der Waals surface area contributed by atoms with Crippen LogP contribution in [0.2, 0.25) is 0 Å². The average Bonchev–Trinajstić information content (AvgIpc) is 3.49. The molecule has 14 heteroatoms. The van der Waals surface area contributed by atoms with Gasteiger partial charge in [0.15, 0.2) is 5.82 Å². The van der Waals surface area contributed by atoms with Crippen LogP contribution in [0.4, 0.5) is 5.82 Å². The number of para-hydroxylation sites is 1. The third kappa shape index (κ3) is 6.40. The van der Waals surface area contributed by atoms with Gasteiger partial charge >= 0.3 is 13.7 Å². The number of ether oxygens (including phenoxy) is 2. The topological polar surface area (TPSA) is 180 Å². The number of nitrogens with zero attached hydrogens (tertiary/aromatic N) is 3. The Kier molecular flexibility index (Phi) is 8.65. The number of aromatic nitrogens is 3. The van der Waals surface area contributed by atoms with Crippen molar-refractivity contribution in [3.8, 4) is 5.75 Å². The van der Waals surface area contributed by atoms with Gasteiger partial charge in [-0.25, -0.2) is 14.1 Å². The lowest BCUT2D eigenvalue weighted by Crippen LogP contribution is -2.45. The molecule has 3 heterocycles. The zero-order valence-electron chi connectivity index (χ0n) is 23.0. The van der Waals surface area contributed by atoms with Crippen LogP contribution >= 0.6 is 7.75 Å². The van der Waals surface area contributed by atoms with E-state index in [1.165, 1.54) is 24.7 Å². The molecule has 6 atom stereocenters. The summed E-state index contributed by atoms with van der Waals surface area (Å²) in [5.41, 5.74) is 5.35. The zero-order valence-corrected chi connectivity index (χ0v) is 23.9. The maximum Gasteiger partial charge on any atom is 0.459 e. The lowest BCUT2D eigenvalue weighted by molar-refractivity contribution is -0.152. The lowest BCUT2D eigenvalue weighted by atomic mass is 9.97. The van der Waals surface area contributed by atoms with Crippen LogP contribution in [-0.2, 0) is 23.4 Å². The highest BCUT2D eigenvalue weighted by Gasteiger charge is 2.54. The molecule has 41 heavy (non-hydrogen) atoms. The number of esters is 1.